The van der Waals surface area contributed by atoms with E-state index in [-0.39, 0.29) is 5.78 Å². The lowest BCUT2D eigenvalue weighted by Gasteiger charge is -1.95. The molecule has 0 aliphatic heterocycles. The van der Waals surface area contributed by atoms with E-state index in [1.165, 1.54) is 12.5 Å². The lowest BCUT2D eigenvalue weighted by Crippen LogP contribution is -1.97. The van der Waals surface area contributed by atoms with Crippen LogP contribution in [0.1, 0.15) is 15.9 Å². The Hall–Kier alpha value is -1.87. The number of carbonyl (C=O) groups is 1. The molecule has 3 heteroatoms. The summed E-state index contributed by atoms with van der Waals surface area (Å²) in [5, 5.41) is 2.92. The highest BCUT2D eigenvalue weighted by atomic mass is 32.1. The number of hydrogen-bond donors (Lipinski definition) is 0. The minimum absolute atomic E-state index is 0.0196. The largest absolute Gasteiger partial charge is 0.472 e. The number of ketones is 1. The van der Waals surface area contributed by atoms with Crippen LogP contribution in [-0.2, 0) is 0 Å². The van der Waals surface area contributed by atoms with Crippen LogP contribution in [0.4, 0.5) is 0 Å². The molecule has 3 aromatic rings. The van der Waals surface area contributed by atoms with Crippen LogP contribution in [0.3, 0.4) is 0 Å². The second-order valence-corrected chi connectivity index (χ2v) is 4.40. The third-order valence-electron chi connectivity index (χ3n) is 2.51. The molecule has 0 saturated carbocycles. The first-order valence-electron chi connectivity index (χ1n) is 4.89. The summed E-state index contributed by atoms with van der Waals surface area (Å²) >= 11 is 1.59. The number of thiophene rings is 1. The molecule has 0 fully saturated rings. The summed E-state index contributed by atoms with van der Waals surface area (Å²) in [7, 11) is 0. The van der Waals surface area contributed by atoms with Gasteiger partial charge in [-0.05, 0) is 12.1 Å². The summed E-state index contributed by atoms with van der Waals surface area (Å²) in [6.45, 7) is 0. The van der Waals surface area contributed by atoms with E-state index in [1.54, 1.807) is 17.4 Å². The number of furan rings is 1. The van der Waals surface area contributed by atoms with E-state index < -0.39 is 0 Å². The monoisotopic (exact) mass is 228 g/mol. The Morgan fingerprint density at radius 3 is 2.88 bits per heavy atom. The van der Waals surface area contributed by atoms with Crippen molar-refractivity contribution in [2.24, 2.45) is 0 Å². The minimum atomic E-state index is 0.0196. The number of benzene rings is 1. The standard InChI is InChI=1S/C13H8O2S/c14-13(9-5-6-15-7-9)11-8-16-12-4-2-1-3-10(11)12/h1-8H. The number of hydrogen-bond acceptors (Lipinski definition) is 3. The van der Waals surface area contributed by atoms with Gasteiger partial charge in [0.05, 0.1) is 11.8 Å². The Balaban J connectivity index is 2.16. The van der Waals surface area contributed by atoms with E-state index in [9.17, 15) is 4.79 Å². The molecule has 0 unspecified atom stereocenters. The van der Waals surface area contributed by atoms with E-state index >= 15 is 0 Å². The highest BCUT2D eigenvalue weighted by Crippen LogP contribution is 2.27. The highest BCUT2D eigenvalue weighted by molar-refractivity contribution is 7.17. The van der Waals surface area contributed by atoms with Crippen molar-refractivity contribution in [3.05, 3.63) is 59.4 Å². The molecule has 3 rings (SSSR count). The predicted octanol–water partition coefficient (Wildman–Crippen LogP) is 3.73. The van der Waals surface area contributed by atoms with Gasteiger partial charge in [0.1, 0.15) is 6.26 Å². The fraction of sp³-hybridized carbons (Fsp3) is 0. The molecule has 0 amide bonds. The summed E-state index contributed by atoms with van der Waals surface area (Å²) in [6.07, 6.45) is 3.00. The first-order valence-corrected chi connectivity index (χ1v) is 5.77. The molecule has 0 bridgehead atoms. The molecule has 16 heavy (non-hydrogen) atoms. The number of rotatable bonds is 2. The third kappa shape index (κ3) is 1.37. The van der Waals surface area contributed by atoms with Crippen LogP contribution in [0.2, 0.25) is 0 Å². The molecule has 2 aromatic heterocycles. The number of carbonyl (C=O) groups excluding carboxylic acids is 1. The average Bonchev–Trinajstić information content (AvgIpc) is 2.98. The van der Waals surface area contributed by atoms with Gasteiger partial charge in [0.15, 0.2) is 5.78 Å². The summed E-state index contributed by atoms with van der Waals surface area (Å²) in [5.74, 6) is 0.0196. The highest BCUT2D eigenvalue weighted by Gasteiger charge is 2.14. The van der Waals surface area contributed by atoms with Crippen molar-refractivity contribution in [3.63, 3.8) is 0 Å². The van der Waals surface area contributed by atoms with Gasteiger partial charge >= 0.3 is 0 Å². The molecule has 0 atom stereocenters. The quantitative estimate of drug-likeness (QED) is 0.626. The Morgan fingerprint density at radius 2 is 2.06 bits per heavy atom. The third-order valence-corrected chi connectivity index (χ3v) is 3.47. The number of fused-ring (bicyclic) bond motifs is 1. The van der Waals surface area contributed by atoms with Crippen LogP contribution in [0.5, 0.6) is 0 Å². The van der Waals surface area contributed by atoms with Gasteiger partial charge < -0.3 is 4.42 Å². The van der Waals surface area contributed by atoms with Crippen LogP contribution in [-0.4, -0.2) is 5.78 Å². The van der Waals surface area contributed by atoms with Crippen LogP contribution in [0.15, 0.2) is 52.7 Å². The van der Waals surface area contributed by atoms with Crippen LogP contribution < -0.4 is 0 Å². The molecule has 0 aliphatic carbocycles. The molecule has 0 saturated heterocycles. The van der Waals surface area contributed by atoms with Gasteiger partial charge in [0, 0.05) is 21.0 Å². The first-order chi connectivity index (χ1) is 7.86. The maximum atomic E-state index is 12.1. The second-order valence-electron chi connectivity index (χ2n) is 3.49. The smallest absolute Gasteiger partial charge is 0.197 e. The van der Waals surface area contributed by atoms with E-state index in [0.29, 0.717) is 5.56 Å². The molecular weight excluding hydrogens is 220 g/mol. The summed E-state index contributed by atoms with van der Waals surface area (Å²) in [5.41, 5.74) is 1.35. The summed E-state index contributed by atoms with van der Waals surface area (Å²) in [4.78, 5) is 12.1. The topological polar surface area (TPSA) is 30.2 Å². The van der Waals surface area contributed by atoms with Gasteiger partial charge in [0.2, 0.25) is 0 Å². The zero-order chi connectivity index (χ0) is 11.0. The maximum Gasteiger partial charge on any atom is 0.197 e. The van der Waals surface area contributed by atoms with Gasteiger partial charge in [-0.1, -0.05) is 18.2 Å². The Morgan fingerprint density at radius 1 is 1.19 bits per heavy atom. The van der Waals surface area contributed by atoms with Crippen molar-refractivity contribution in [2.45, 2.75) is 0 Å². The SMILES string of the molecule is O=C(c1ccoc1)c1csc2ccccc12. The normalized spacial score (nSPS) is 10.8. The summed E-state index contributed by atoms with van der Waals surface area (Å²) < 4.78 is 6.06. The van der Waals surface area contributed by atoms with Gasteiger partial charge in [0.25, 0.3) is 0 Å². The lowest BCUT2D eigenvalue weighted by molar-refractivity contribution is 0.104. The Kier molecular flexibility index (Phi) is 2.11. The molecule has 0 radical (unpaired) electrons. The van der Waals surface area contributed by atoms with Crippen molar-refractivity contribution in [1.82, 2.24) is 0 Å². The van der Waals surface area contributed by atoms with Crippen LogP contribution in [0.25, 0.3) is 10.1 Å². The predicted molar refractivity (Wildman–Crippen MR) is 64.0 cm³/mol. The van der Waals surface area contributed by atoms with Crippen LogP contribution in [0, 0.1) is 0 Å². The molecule has 0 N–H and O–H groups in total. The van der Waals surface area contributed by atoms with Gasteiger partial charge in [-0.3, -0.25) is 4.79 Å². The fourth-order valence-corrected chi connectivity index (χ4v) is 2.64. The van der Waals surface area contributed by atoms with Crippen molar-refractivity contribution < 1.29 is 9.21 Å². The second kappa shape index (κ2) is 3.61. The minimum Gasteiger partial charge on any atom is -0.472 e. The van der Waals surface area contributed by atoms with E-state index in [0.717, 1.165) is 15.6 Å². The molecule has 2 nitrogen and oxygen atoms in total. The Labute approximate surface area is 96.1 Å². The van der Waals surface area contributed by atoms with Crippen molar-refractivity contribution in [1.29, 1.82) is 0 Å². The van der Waals surface area contributed by atoms with E-state index in [1.807, 2.05) is 29.6 Å². The fourth-order valence-electron chi connectivity index (χ4n) is 1.70. The molecule has 1 aromatic carbocycles. The maximum absolute atomic E-state index is 12.1. The first kappa shape index (κ1) is 9.36. The zero-order valence-corrected chi connectivity index (χ0v) is 9.16. The summed E-state index contributed by atoms with van der Waals surface area (Å²) in [6, 6.07) is 9.60. The van der Waals surface area contributed by atoms with Crippen LogP contribution >= 0.6 is 11.3 Å². The Bertz CT molecular complexity index is 635. The van der Waals surface area contributed by atoms with E-state index in [4.69, 9.17) is 4.42 Å². The van der Waals surface area contributed by atoms with Crippen molar-refractivity contribution in [2.75, 3.05) is 0 Å². The average molecular weight is 228 g/mol. The molecule has 78 valence electrons. The van der Waals surface area contributed by atoms with Gasteiger partial charge in [-0.25, -0.2) is 0 Å². The zero-order valence-electron chi connectivity index (χ0n) is 8.34. The van der Waals surface area contributed by atoms with E-state index in [2.05, 4.69) is 0 Å². The van der Waals surface area contributed by atoms with Crippen molar-refractivity contribution >= 4 is 27.2 Å². The lowest BCUT2D eigenvalue weighted by atomic mass is 10.1. The van der Waals surface area contributed by atoms with Gasteiger partial charge in [-0.2, -0.15) is 0 Å². The van der Waals surface area contributed by atoms with Crippen molar-refractivity contribution in [3.8, 4) is 0 Å². The molecule has 0 aliphatic rings. The molecule has 2 heterocycles. The molecule has 0 spiro atoms. The van der Waals surface area contributed by atoms with Gasteiger partial charge in [-0.15, -0.1) is 11.3 Å². The molecular formula is C13H8O2S.